The molecule has 12 heteroatoms. The van der Waals surface area contributed by atoms with E-state index in [9.17, 15) is 8.42 Å². The van der Waals surface area contributed by atoms with Crippen LogP contribution in [0.5, 0.6) is 17.2 Å². The average molecular weight is 933 g/mol. The van der Waals surface area contributed by atoms with Crippen molar-refractivity contribution in [2.24, 2.45) is 0 Å². The summed E-state index contributed by atoms with van der Waals surface area (Å²) >= 11 is 0. The average Bonchev–Trinajstić information content (AvgIpc) is 3.15. The minimum Gasteiger partial charge on any atom is -0.497 e. The van der Waals surface area contributed by atoms with Crippen LogP contribution in [0.4, 0.5) is 0 Å². The fourth-order valence-electron chi connectivity index (χ4n) is 4.26. The number of ether oxygens (including phenoxy) is 2. The number of hydrogen-bond acceptors (Lipinski definition) is 7. The maximum absolute atomic E-state index is 10.6. The summed E-state index contributed by atoms with van der Waals surface area (Å²) < 4.78 is 67.3. The normalized spacial score (nSPS) is 10.2. The molecule has 288 valence electrons. The molecule has 6 aromatic rings. The fourth-order valence-corrected chi connectivity index (χ4v) is 5.68. The zero-order chi connectivity index (χ0) is 39.3. The van der Waals surface area contributed by atoms with E-state index >= 15 is 0 Å². The van der Waals surface area contributed by atoms with E-state index in [1.54, 1.807) is 45.2 Å². The monoisotopic (exact) mass is 932 g/mol. The number of methoxy groups -OCH3 is 1. The van der Waals surface area contributed by atoms with Gasteiger partial charge in [-0.05, 0) is 51.6 Å². The van der Waals surface area contributed by atoms with Crippen LogP contribution in [0.3, 0.4) is 0 Å². The van der Waals surface area contributed by atoms with Gasteiger partial charge in [-0.2, -0.15) is 103 Å². The summed E-state index contributed by atoms with van der Waals surface area (Å²) in [6.45, 7) is 9.36. The number of hydrogen-bond donors (Lipinski definition) is 4. The zero-order valence-corrected chi connectivity index (χ0v) is 39.1. The summed E-state index contributed by atoms with van der Waals surface area (Å²) in [5.74, 6) is 2.54. The minimum atomic E-state index is -4.06. The van der Waals surface area contributed by atoms with Gasteiger partial charge in [0.25, 0.3) is 0 Å². The molecular formula is C43H46O8S2Y2-4. The van der Waals surface area contributed by atoms with E-state index in [-0.39, 0.29) is 75.2 Å². The summed E-state index contributed by atoms with van der Waals surface area (Å²) in [6, 6.07) is 51.9. The van der Waals surface area contributed by atoms with Crippen molar-refractivity contribution < 1.29 is 102 Å². The van der Waals surface area contributed by atoms with Crippen LogP contribution in [0.2, 0.25) is 0 Å². The molecule has 2 radical (unpaired) electrons. The summed E-state index contributed by atoms with van der Waals surface area (Å²) in [7, 11) is -5.95. The van der Waals surface area contributed by atoms with Crippen molar-refractivity contribution in [2.75, 3.05) is 7.11 Å². The number of rotatable bonds is 7. The van der Waals surface area contributed by atoms with Crippen LogP contribution >= 0.6 is 10.9 Å². The molecule has 0 spiro atoms. The van der Waals surface area contributed by atoms with Crippen molar-refractivity contribution in [1.82, 2.24) is 0 Å². The standard InChI is InChI=1S/C20H17O2.C7H9O3S.C7H7O3S.C7H7.C2H6.2Y/c1-21-18-11-7-16(8-12-18)15-17-9-13-20(14-10-17)22-19-5-3-2-4-6-19;2*1-6-4-2-3-5-7(6)11(8,9)10;1-7-5-3-2-4-6-7;1-2;;/h3-14H,15H2,1H3;2,4-5,8-10H,1H3;2,4-5H,1H3,(H,8,9,10);3-6H,1H3;1-2H3;;/q4*-1;;;. The molecule has 4 N–H and O–H groups in total. The van der Waals surface area contributed by atoms with Gasteiger partial charge < -0.3 is 23.1 Å². The van der Waals surface area contributed by atoms with Gasteiger partial charge in [-0.25, -0.2) is 8.42 Å². The molecule has 0 unspecified atom stereocenters. The zero-order valence-electron chi connectivity index (χ0n) is 31.8. The Morgan fingerprint density at radius 2 is 0.909 bits per heavy atom. The van der Waals surface area contributed by atoms with E-state index < -0.39 is 21.0 Å². The summed E-state index contributed by atoms with van der Waals surface area (Å²) in [5, 5.41) is 0. The first-order chi connectivity index (χ1) is 25.3. The van der Waals surface area contributed by atoms with Crippen LogP contribution in [-0.4, -0.2) is 33.7 Å². The van der Waals surface area contributed by atoms with E-state index in [0.29, 0.717) is 11.1 Å². The van der Waals surface area contributed by atoms with Gasteiger partial charge in [0.15, 0.2) is 0 Å². The quantitative estimate of drug-likeness (QED) is 0.0919. The molecule has 0 aliphatic carbocycles. The molecule has 6 aromatic carbocycles. The summed E-state index contributed by atoms with van der Waals surface area (Å²) in [6.07, 6.45) is 0.893. The van der Waals surface area contributed by atoms with Crippen LogP contribution in [0.15, 0.2) is 143 Å². The fraction of sp³-hybridized carbons (Fsp3) is 0.163. The van der Waals surface area contributed by atoms with E-state index in [1.807, 2.05) is 86.6 Å². The Balaban J connectivity index is 0.000000752. The largest absolute Gasteiger partial charge is 0.497 e. The molecule has 0 aliphatic rings. The maximum Gasteiger partial charge on any atom is 0.247 e. The van der Waals surface area contributed by atoms with Gasteiger partial charge >= 0.3 is 0 Å². The van der Waals surface area contributed by atoms with Crippen molar-refractivity contribution in [3.05, 3.63) is 186 Å². The second-order valence-corrected chi connectivity index (χ2v) is 13.8. The molecular weight excluding hydrogens is 886 g/mol. The number of aryl methyl sites for hydroxylation is 3. The van der Waals surface area contributed by atoms with Gasteiger partial charge in [0.05, 0.1) is 18.0 Å². The first kappa shape index (κ1) is 52.3. The SMILES string of the molecule is CC.COc1ccc(Cc2ccc(Oc3cc[c-]cc3)cc2)cc1.Cc1cc[c-]cc1.Cc1cc[c-]cc1S(=O)(=O)O.Cc1cc[c-]cc1S(O)(O)O.[Y].[Y]. The van der Waals surface area contributed by atoms with Crippen LogP contribution in [0.1, 0.15) is 41.7 Å². The van der Waals surface area contributed by atoms with Crippen LogP contribution in [0.25, 0.3) is 0 Å². The van der Waals surface area contributed by atoms with E-state index in [4.69, 9.17) is 27.7 Å². The summed E-state index contributed by atoms with van der Waals surface area (Å²) in [4.78, 5) is 0.0556. The Labute approximate surface area is 379 Å². The first-order valence-corrected chi connectivity index (χ1v) is 19.4. The van der Waals surface area contributed by atoms with E-state index in [2.05, 4.69) is 55.5 Å². The Hall–Kier alpha value is -2.73. The molecule has 0 aromatic heterocycles. The Kier molecular flexibility index (Phi) is 26.4. The Morgan fingerprint density at radius 1 is 0.527 bits per heavy atom. The third-order valence-electron chi connectivity index (χ3n) is 6.94. The van der Waals surface area contributed by atoms with Crippen molar-refractivity contribution in [3.63, 3.8) is 0 Å². The molecule has 0 aliphatic heterocycles. The van der Waals surface area contributed by atoms with Crippen LogP contribution < -0.4 is 9.47 Å². The predicted molar refractivity (Wildman–Crippen MR) is 213 cm³/mol. The topological polar surface area (TPSA) is 134 Å². The molecule has 0 atom stereocenters. The van der Waals surface area contributed by atoms with Crippen LogP contribution in [0, 0.1) is 45.0 Å². The molecule has 0 heterocycles. The second-order valence-electron chi connectivity index (χ2n) is 11.0. The molecule has 0 bridgehead atoms. The molecule has 55 heavy (non-hydrogen) atoms. The summed E-state index contributed by atoms with van der Waals surface area (Å²) in [5.41, 5.74) is 4.96. The third kappa shape index (κ3) is 20.8. The third-order valence-corrected chi connectivity index (χ3v) is 8.96. The predicted octanol–water partition coefficient (Wildman–Crippen LogP) is 11.1. The van der Waals surface area contributed by atoms with Gasteiger partial charge in [-0.3, -0.25) is 4.55 Å². The van der Waals surface area contributed by atoms with Gasteiger partial charge in [-0.15, -0.1) is 23.3 Å². The molecule has 0 saturated heterocycles. The molecule has 8 nitrogen and oxygen atoms in total. The number of benzene rings is 6. The van der Waals surface area contributed by atoms with Crippen molar-refractivity contribution >= 4 is 21.0 Å². The Bertz CT molecular complexity index is 2010. The first-order valence-electron chi connectivity index (χ1n) is 16.5. The molecule has 0 amide bonds. The molecule has 6 rings (SSSR count). The van der Waals surface area contributed by atoms with E-state index in [0.717, 1.165) is 23.7 Å². The van der Waals surface area contributed by atoms with Gasteiger partial charge in [0, 0.05) is 71.2 Å². The minimum absolute atomic E-state index is 0. The smallest absolute Gasteiger partial charge is 0.247 e. The molecule has 0 fully saturated rings. The second kappa shape index (κ2) is 27.8. The van der Waals surface area contributed by atoms with Gasteiger partial charge in [0.2, 0.25) is 10.1 Å². The van der Waals surface area contributed by atoms with Crippen molar-refractivity contribution in [2.45, 2.75) is 50.8 Å². The Morgan fingerprint density at radius 3 is 1.24 bits per heavy atom. The van der Waals surface area contributed by atoms with Gasteiger partial charge in [0.1, 0.15) is 11.5 Å². The molecule has 0 saturated carbocycles. The van der Waals surface area contributed by atoms with Crippen LogP contribution in [-0.2, 0) is 82.0 Å². The van der Waals surface area contributed by atoms with Crippen molar-refractivity contribution in [1.29, 1.82) is 0 Å². The maximum atomic E-state index is 10.6. The van der Waals surface area contributed by atoms with Gasteiger partial charge in [-0.1, -0.05) is 58.9 Å². The van der Waals surface area contributed by atoms with Crippen molar-refractivity contribution in [3.8, 4) is 17.2 Å². The van der Waals surface area contributed by atoms with E-state index in [1.165, 1.54) is 28.8 Å².